The fourth-order valence-electron chi connectivity index (χ4n) is 2.18. The number of hydrogen-bond donors (Lipinski definition) is 2. The van der Waals surface area contributed by atoms with Crippen molar-refractivity contribution in [2.45, 2.75) is 0 Å². The average Bonchev–Trinajstić information content (AvgIpc) is 3.09. The van der Waals surface area contributed by atoms with Gasteiger partial charge < -0.3 is 11.5 Å². The third-order valence-corrected chi connectivity index (χ3v) is 4.18. The molecule has 4 N–H and O–H groups in total. The van der Waals surface area contributed by atoms with Gasteiger partial charge in [-0.05, 0) is 12.1 Å². The van der Waals surface area contributed by atoms with Crippen molar-refractivity contribution in [3.05, 3.63) is 71.5 Å². The van der Waals surface area contributed by atoms with Crippen LogP contribution >= 0.6 is 11.3 Å². The standard InChI is InChI=1S/C18H15N5OS/c19-18(20)23-16(24)15(13-7-4-8-21-10-13)9-14-11-25-17(22-14)12-5-2-1-3-6-12/h1-11H,(H4,19,20,23,24)/b15-9+. The molecule has 3 aromatic rings. The first kappa shape index (κ1) is 16.5. The second-order valence-electron chi connectivity index (χ2n) is 5.09. The van der Waals surface area contributed by atoms with Gasteiger partial charge in [-0.1, -0.05) is 36.4 Å². The molecule has 7 heteroatoms. The highest BCUT2D eigenvalue weighted by molar-refractivity contribution is 7.13. The molecular formula is C18H15N5OS. The van der Waals surface area contributed by atoms with E-state index in [1.165, 1.54) is 11.3 Å². The molecule has 0 aliphatic rings. The van der Waals surface area contributed by atoms with Gasteiger partial charge in [0.05, 0.1) is 11.3 Å². The zero-order valence-corrected chi connectivity index (χ0v) is 14.0. The molecular weight excluding hydrogens is 334 g/mol. The number of benzene rings is 1. The number of rotatable bonds is 4. The van der Waals surface area contributed by atoms with Gasteiger partial charge in [0.15, 0.2) is 5.96 Å². The van der Waals surface area contributed by atoms with Crippen LogP contribution in [0.1, 0.15) is 11.3 Å². The third kappa shape index (κ3) is 4.15. The number of aliphatic imine (C=N–C) groups is 1. The summed E-state index contributed by atoms with van der Waals surface area (Å²) in [4.78, 5) is 24.6. The molecule has 0 radical (unpaired) electrons. The maximum Gasteiger partial charge on any atom is 0.280 e. The Labute approximate surface area is 148 Å². The second-order valence-corrected chi connectivity index (χ2v) is 5.94. The van der Waals surface area contributed by atoms with Gasteiger partial charge in [-0.2, -0.15) is 4.99 Å². The molecule has 0 saturated carbocycles. The largest absolute Gasteiger partial charge is 0.370 e. The molecule has 0 saturated heterocycles. The summed E-state index contributed by atoms with van der Waals surface area (Å²) in [6.07, 6.45) is 4.87. The number of aromatic nitrogens is 2. The summed E-state index contributed by atoms with van der Waals surface area (Å²) < 4.78 is 0. The summed E-state index contributed by atoms with van der Waals surface area (Å²) in [5.74, 6) is -0.828. The molecule has 0 aliphatic heterocycles. The summed E-state index contributed by atoms with van der Waals surface area (Å²) in [6, 6.07) is 13.3. The van der Waals surface area contributed by atoms with Crippen LogP contribution in [0.15, 0.2) is 65.2 Å². The Morgan fingerprint density at radius 2 is 1.92 bits per heavy atom. The molecule has 2 aromatic heterocycles. The first-order chi connectivity index (χ1) is 12.1. The number of guanidine groups is 1. The van der Waals surface area contributed by atoms with Crippen molar-refractivity contribution in [3.8, 4) is 10.6 Å². The monoisotopic (exact) mass is 349 g/mol. The maximum atomic E-state index is 12.4. The number of nitrogens with zero attached hydrogens (tertiary/aromatic N) is 3. The van der Waals surface area contributed by atoms with Crippen LogP contribution in [0.4, 0.5) is 0 Å². The highest BCUT2D eigenvalue weighted by atomic mass is 32.1. The van der Waals surface area contributed by atoms with Crippen LogP contribution in [0.3, 0.4) is 0 Å². The molecule has 0 unspecified atom stereocenters. The molecule has 0 aliphatic carbocycles. The molecule has 2 heterocycles. The first-order valence-electron chi connectivity index (χ1n) is 7.40. The summed E-state index contributed by atoms with van der Waals surface area (Å²) in [7, 11) is 0. The lowest BCUT2D eigenvalue weighted by atomic mass is 10.1. The van der Waals surface area contributed by atoms with E-state index in [0.29, 0.717) is 16.8 Å². The molecule has 0 spiro atoms. The van der Waals surface area contributed by atoms with E-state index in [0.717, 1.165) is 10.6 Å². The van der Waals surface area contributed by atoms with Crippen molar-refractivity contribution in [2.75, 3.05) is 0 Å². The van der Waals surface area contributed by atoms with Gasteiger partial charge in [0.1, 0.15) is 5.01 Å². The average molecular weight is 349 g/mol. The third-order valence-electron chi connectivity index (χ3n) is 3.27. The quantitative estimate of drug-likeness (QED) is 0.427. The molecule has 124 valence electrons. The maximum absolute atomic E-state index is 12.4. The van der Waals surface area contributed by atoms with E-state index in [1.54, 1.807) is 30.6 Å². The zero-order chi connectivity index (χ0) is 17.6. The van der Waals surface area contributed by atoms with Crippen molar-refractivity contribution in [1.82, 2.24) is 9.97 Å². The van der Waals surface area contributed by atoms with Gasteiger partial charge in [-0.25, -0.2) is 4.98 Å². The zero-order valence-electron chi connectivity index (χ0n) is 13.2. The van der Waals surface area contributed by atoms with Crippen LogP contribution in [0.25, 0.3) is 22.2 Å². The highest BCUT2D eigenvalue weighted by Gasteiger charge is 2.13. The van der Waals surface area contributed by atoms with E-state index in [-0.39, 0.29) is 5.96 Å². The van der Waals surface area contributed by atoms with E-state index in [2.05, 4.69) is 15.0 Å². The van der Waals surface area contributed by atoms with Crippen LogP contribution in [-0.4, -0.2) is 21.8 Å². The Bertz CT molecular complexity index is 928. The van der Waals surface area contributed by atoms with Crippen LogP contribution in [0.5, 0.6) is 0 Å². The Balaban J connectivity index is 2.00. The molecule has 1 aromatic carbocycles. The second kappa shape index (κ2) is 7.50. The Kier molecular flexibility index (Phi) is 4.96. The van der Waals surface area contributed by atoms with E-state index >= 15 is 0 Å². The van der Waals surface area contributed by atoms with Gasteiger partial charge >= 0.3 is 0 Å². The summed E-state index contributed by atoms with van der Waals surface area (Å²) in [6.45, 7) is 0. The van der Waals surface area contributed by atoms with E-state index in [9.17, 15) is 4.79 Å². The van der Waals surface area contributed by atoms with Crippen LogP contribution < -0.4 is 11.5 Å². The number of pyridine rings is 1. The van der Waals surface area contributed by atoms with Gasteiger partial charge in [0.2, 0.25) is 0 Å². The van der Waals surface area contributed by atoms with E-state index in [1.807, 2.05) is 35.7 Å². The number of amides is 1. The van der Waals surface area contributed by atoms with Crippen LogP contribution in [0, 0.1) is 0 Å². The van der Waals surface area contributed by atoms with E-state index < -0.39 is 5.91 Å². The first-order valence-corrected chi connectivity index (χ1v) is 8.28. The molecule has 1 amide bonds. The molecule has 6 nitrogen and oxygen atoms in total. The summed E-state index contributed by atoms with van der Waals surface area (Å²) >= 11 is 1.50. The molecule has 0 atom stereocenters. The minimum Gasteiger partial charge on any atom is -0.370 e. The SMILES string of the molecule is NC(N)=NC(=O)/C(=C/c1csc(-c2ccccc2)n1)c1cccnc1. The van der Waals surface area contributed by atoms with E-state index in [4.69, 9.17) is 11.5 Å². The van der Waals surface area contributed by atoms with Crippen molar-refractivity contribution in [1.29, 1.82) is 0 Å². The van der Waals surface area contributed by atoms with Crippen LogP contribution in [0.2, 0.25) is 0 Å². The van der Waals surface area contributed by atoms with Crippen molar-refractivity contribution < 1.29 is 4.79 Å². The predicted molar refractivity (Wildman–Crippen MR) is 100 cm³/mol. The normalized spacial score (nSPS) is 11.1. The van der Waals surface area contributed by atoms with Gasteiger partial charge in [-0.3, -0.25) is 9.78 Å². The minimum atomic E-state index is -0.540. The lowest BCUT2D eigenvalue weighted by molar-refractivity contribution is -0.112. The predicted octanol–water partition coefficient (Wildman–Crippen LogP) is 2.55. The Hall–Kier alpha value is -3.32. The highest BCUT2D eigenvalue weighted by Crippen LogP contribution is 2.26. The van der Waals surface area contributed by atoms with Gasteiger partial charge in [0.25, 0.3) is 5.91 Å². The Morgan fingerprint density at radius 3 is 2.60 bits per heavy atom. The van der Waals surface area contributed by atoms with Crippen LogP contribution in [-0.2, 0) is 4.79 Å². The number of carbonyl (C=O) groups is 1. The summed E-state index contributed by atoms with van der Waals surface area (Å²) in [5.41, 5.74) is 13.3. The molecule has 25 heavy (non-hydrogen) atoms. The topological polar surface area (TPSA) is 107 Å². The Morgan fingerprint density at radius 1 is 1.12 bits per heavy atom. The lowest BCUT2D eigenvalue weighted by Gasteiger charge is -2.03. The smallest absolute Gasteiger partial charge is 0.280 e. The van der Waals surface area contributed by atoms with Crippen molar-refractivity contribution in [3.63, 3.8) is 0 Å². The number of nitrogens with two attached hydrogens (primary N) is 2. The molecule has 0 bridgehead atoms. The number of thiazole rings is 1. The number of hydrogen-bond acceptors (Lipinski definition) is 4. The van der Waals surface area contributed by atoms with Gasteiger partial charge in [-0.15, -0.1) is 11.3 Å². The van der Waals surface area contributed by atoms with Crippen molar-refractivity contribution >= 4 is 34.9 Å². The molecule has 0 fully saturated rings. The van der Waals surface area contributed by atoms with Crippen molar-refractivity contribution in [2.24, 2.45) is 16.5 Å². The minimum absolute atomic E-state index is 0.289. The van der Waals surface area contributed by atoms with Gasteiger partial charge in [0, 0.05) is 28.9 Å². The fourth-order valence-corrected chi connectivity index (χ4v) is 2.97. The lowest BCUT2D eigenvalue weighted by Crippen LogP contribution is -2.24. The molecule has 3 rings (SSSR count). The number of carbonyl (C=O) groups excluding carboxylic acids is 1. The fraction of sp³-hybridized carbons (Fsp3) is 0. The summed E-state index contributed by atoms with van der Waals surface area (Å²) in [5, 5.41) is 2.74.